The highest BCUT2D eigenvalue weighted by Crippen LogP contribution is 2.44. The second-order valence-corrected chi connectivity index (χ2v) is 4.68. The molecule has 0 spiro atoms. The Kier molecular flexibility index (Phi) is 2.04. The fourth-order valence-electron chi connectivity index (χ4n) is 2.61. The molecule has 15 heavy (non-hydrogen) atoms. The summed E-state index contributed by atoms with van der Waals surface area (Å²) in [6, 6.07) is 4.00. The number of phenolic OH excluding ortho intramolecular Hbond substituents is 1. The third-order valence-corrected chi connectivity index (χ3v) is 3.54. The highest BCUT2D eigenvalue weighted by atomic mass is 35.5. The van der Waals surface area contributed by atoms with Gasteiger partial charge in [0.05, 0.1) is 5.69 Å². The van der Waals surface area contributed by atoms with Crippen molar-refractivity contribution in [3.8, 4) is 5.75 Å². The Morgan fingerprint density at radius 1 is 1.40 bits per heavy atom. The van der Waals surface area contributed by atoms with Gasteiger partial charge in [-0.25, -0.2) is 0 Å². The average molecular weight is 225 g/mol. The number of halogens is 1. The van der Waals surface area contributed by atoms with Crippen LogP contribution in [0.5, 0.6) is 5.75 Å². The zero-order valence-electron chi connectivity index (χ0n) is 8.26. The first-order chi connectivity index (χ1) is 7.25. The summed E-state index contributed by atoms with van der Waals surface area (Å²) in [6.45, 7) is 2.00. The fourth-order valence-corrected chi connectivity index (χ4v) is 2.83. The van der Waals surface area contributed by atoms with Crippen LogP contribution in [-0.2, 0) is 0 Å². The number of fused-ring (bicyclic) bond motifs is 3. The summed E-state index contributed by atoms with van der Waals surface area (Å²) in [5.74, 6) is 0.713. The van der Waals surface area contributed by atoms with Gasteiger partial charge in [-0.15, -0.1) is 0 Å². The number of anilines is 1. The smallest absolute Gasteiger partial charge is 0.140 e. The summed E-state index contributed by atoms with van der Waals surface area (Å²) < 4.78 is 0. The molecule has 80 valence electrons. The number of hydrogen-bond donors (Lipinski definition) is 3. The topological polar surface area (TPSA) is 44.3 Å². The predicted molar refractivity (Wildman–Crippen MR) is 60.8 cm³/mol. The largest absolute Gasteiger partial charge is 0.506 e. The van der Waals surface area contributed by atoms with Crippen LogP contribution in [-0.4, -0.2) is 24.2 Å². The van der Waals surface area contributed by atoms with E-state index in [4.69, 9.17) is 11.6 Å². The van der Waals surface area contributed by atoms with E-state index in [2.05, 4.69) is 10.6 Å². The Labute approximate surface area is 93.4 Å². The second kappa shape index (κ2) is 3.29. The van der Waals surface area contributed by atoms with E-state index in [9.17, 15) is 5.11 Å². The molecule has 1 aromatic carbocycles. The lowest BCUT2D eigenvalue weighted by atomic mass is 9.90. The molecular weight excluding hydrogens is 212 g/mol. The van der Waals surface area contributed by atoms with E-state index in [1.54, 1.807) is 6.07 Å². The molecule has 4 heteroatoms. The van der Waals surface area contributed by atoms with Gasteiger partial charge in [0.2, 0.25) is 0 Å². The van der Waals surface area contributed by atoms with E-state index in [1.807, 2.05) is 6.07 Å². The van der Waals surface area contributed by atoms with E-state index in [0.717, 1.165) is 30.8 Å². The predicted octanol–water partition coefficient (Wildman–Crippen LogP) is 1.92. The Morgan fingerprint density at radius 2 is 2.27 bits per heavy atom. The van der Waals surface area contributed by atoms with Crippen molar-refractivity contribution >= 4 is 17.3 Å². The van der Waals surface area contributed by atoms with Crippen molar-refractivity contribution in [2.75, 3.05) is 18.4 Å². The van der Waals surface area contributed by atoms with Crippen LogP contribution in [0.4, 0.5) is 5.69 Å². The molecule has 3 nitrogen and oxygen atoms in total. The molecule has 1 aromatic rings. The van der Waals surface area contributed by atoms with Crippen molar-refractivity contribution in [2.24, 2.45) is 0 Å². The molecule has 0 amide bonds. The van der Waals surface area contributed by atoms with E-state index < -0.39 is 0 Å². The van der Waals surface area contributed by atoms with Crippen molar-refractivity contribution in [2.45, 2.75) is 18.4 Å². The van der Waals surface area contributed by atoms with Crippen molar-refractivity contribution in [1.29, 1.82) is 0 Å². The minimum Gasteiger partial charge on any atom is -0.506 e. The Hall–Kier alpha value is -0.930. The highest BCUT2D eigenvalue weighted by molar-refractivity contribution is 6.31. The summed E-state index contributed by atoms with van der Waals surface area (Å²) in [6.07, 6.45) is 1.09. The zero-order valence-corrected chi connectivity index (χ0v) is 9.01. The van der Waals surface area contributed by atoms with Crippen LogP contribution in [0, 0.1) is 0 Å². The SMILES string of the molecule is Oc1cc(Cl)cc2c1NC1CCNCC21. The number of aromatic hydroxyl groups is 1. The molecule has 2 heterocycles. The Bertz CT molecular complexity index is 408. The van der Waals surface area contributed by atoms with Gasteiger partial charge in [0.1, 0.15) is 5.75 Å². The first-order valence-corrected chi connectivity index (χ1v) is 5.63. The molecule has 2 unspecified atom stereocenters. The molecule has 0 radical (unpaired) electrons. The number of piperidine rings is 1. The number of hydrogen-bond acceptors (Lipinski definition) is 3. The molecule has 0 aliphatic carbocycles. The van der Waals surface area contributed by atoms with Gasteiger partial charge in [-0.05, 0) is 24.6 Å². The zero-order chi connectivity index (χ0) is 10.4. The minimum atomic E-state index is 0.270. The molecule has 0 aromatic heterocycles. The average Bonchev–Trinajstić information content (AvgIpc) is 2.57. The van der Waals surface area contributed by atoms with Crippen molar-refractivity contribution < 1.29 is 5.11 Å². The molecule has 2 atom stereocenters. The van der Waals surface area contributed by atoms with E-state index in [1.165, 1.54) is 0 Å². The van der Waals surface area contributed by atoms with Crippen LogP contribution in [0.2, 0.25) is 5.02 Å². The molecule has 2 aliphatic rings. The normalized spacial score (nSPS) is 28.1. The fraction of sp³-hybridized carbons (Fsp3) is 0.455. The third kappa shape index (κ3) is 1.38. The van der Waals surface area contributed by atoms with Crippen LogP contribution in [0.3, 0.4) is 0 Å². The van der Waals surface area contributed by atoms with Gasteiger partial charge >= 0.3 is 0 Å². The summed E-state index contributed by atoms with van der Waals surface area (Å²) in [5.41, 5.74) is 2.02. The Morgan fingerprint density at radius 3 is 3.13 bits per heavy atom. The maximum Gasteiger partial charge on any atom is 0.140 e. The first kappa shape index (κ1) is 9.31. The Balaban J connectivity index is 2.08. The highest BCUT2D eigenvalue weighted by Gasteiger charge is 2.35. The lowest BCUT2D eigenvalue weighted by Crippen LogP contribution is -2.38. The van der Waals surface area contributed by atoms with Gasteiger partial charge in [0.15, 0.2) is 0 Å². The summed E-state index contributed by atoms with van der Waals surface area (Å²) in [5, 5.41) is 17.2. The number of phenols is 1. The molecule has 1 saturated heterocycles. The van der Waals surface area contributed by atoms with E-state index in [0.29, 0.717) is 17.0 Å². The lowest BCUT2D eigenvalue weighted by Gasteiger charge is -2.26. The summed E-state index contributed by atoms with van der Waals surface area (Å²) in [4.78, 5) is 0. The van der Waals surface area contributed by atoms with Gasteiger partial charge in [-0.1, -0.05) is 11.6 Å². The van der Waals surface area contributed by atoms with Crippen LogP contribution >= 0.6 is 11.6 Å². The molecule has 0 saturated carbocycles. The van der Waals surface area contributed by atoms with Crippen molar-refractivity contribution in [3.63, 3.8) is 0 Å². The first-order valence-electron chi connectivity index (χ1n) is 5.25. The number of nitrogens with one attached hydrogen (secondary N) is 2. The van der Waals surface area contributed by atoms with E-state index in [-0.39, 0.29) is 5.75 Å². The molecular formula is C11H13ClN2O. The van der Waals surface area contributed by atoms with Crippen LogP contribution < -0.4 is 10.6 Å². The molecule has 3 N–H and O–H groups in total. The van der Waals surface area contributed by atoms with Gasteiger partial charge < -0.3 is 15.7 Å². The molecule has 1 fully saturated rings. The molecule has 0 bridgehead atoms. The minimum absolute atomic E-state index is 0.270. The van der Waals surface area contributed by atoms with Gasteiger partial charge in [0.25, 0.3) is 0 Å². The van der Waals surface area contributed by atoms with Crippen LogP contribution in [0.25, 0.3) is 0 Å². The summed E-state index contributed by atoms with van der Waals surface area (Å²) >= 11 is 5.95. The van der Waals surface area contributed by atoms with Crippen molar-refractivity contribution in [1.82, 2.24) is 5.32 Å². The maximum atomic E-state index is 9.79. The van der Waals surface area contributed by atoms with Gasteiger partial charge in [-0.3, -0.25) is 0 Å². The van der Waals surface area contributed by atoms with Gasteiger partial charge in [-0.2, -0.15) is 0 Å². The van der Waals surface area contributed by atoms with Crippen molar-refractivity contribution in [3.05, 3.63) is 22.7 Å². The quantitative estimate of drug-likeness (QED) is 0.590. The molecule has 3 rings (SSSR count). The maximum absolute atomic E-state index is 9.79. The van der Waals surface area contributed by atoms with Gasteiger partial charge in [0, 0.05) is 29.6 Å². The second-order valence-electron chi connectivity index (χ2n) is 4.24. The summed E-state index contributed by atoms with van der Waals surface area (Å²) in [7, 11) is 0. The number of benzene rings is 1. The third-order valence-electron chi connectivity index (χ3n) is 3.32. The molecule has 2 aliphatic heterocycles. The standard InChI is InChI=1S/C11H13ClN2O/c12-6-3-7-8-5-13-2-1-9(8)14-11(7)10(15)4-6/h3-4,8-9,13-15H,1-2,5H2. The number of rotatable bonds is 0. The van der Waals surface area contributed by atoms with E-state index >= 15 is 0 Å². The lowest BCUT2D eigenvalue weighted by molar-refractivity contribution is 0.440. The van der Waals surface area contributed by atoms with Crippen LogP contribution in [0.1, 0.15) is 17.9 Å². The van der Waals surface area contributed by atoms with Crippen LogP contribution in [0.15, 0.2) is 12.1 Å². The monoisotopic (exact) mass is 224 g/mol.